The van der Waals surface area contributed by atoms with Gasteiger partial charge in [0.15, 0.2) is 0 Å². The number of hydrogen-bond acceptors (Lipinski definition) is 9. The summed E-state index contributed by atoms with van der Waals surface area (Å²) >= 11 is 0. The maximum absolute atomic E-state index is 14.5. The SMILES string of the molecule is [2H]C([2H])([2H])C(OC(=O)N[C@H]1CCCCC/C=C/[C@@H]2C[C@]2(C(=O)NS(=O)(=O)C2CC2)NC(=O)[C@@H]2C[C@@H](OC(=O)N3Cc4cccc(F)c4C3)CN2C1=O)(C([2H])([2H])[2H])C([2H])([2H])[2H]. The summed E-state index contributed by atoms with van der Waals surface area (Å²) in [6.07, 6.45) is 1.27. The normalized spacial score (nSPS) is 32.3. The summed E-state index contributed by atoms with van der Waals surface area (Å²) < 4.78 is 123. The van der Waals surface area contributed by atoms with E-state index >= 15 is 0 Å². The van der Waals surface area contributed by atoms with E-state index in [-0.39, 0.29) is 44.3 Å². The lowest BCUT2D eigenvalue weighted by Crippen LogP contribution is -2.58. The van der Waals surface area contributed by atoms with Gasteiger partial charge in [-0.3, -0.25) is 24.0 Å². The fourth-order valence-electron chi connectivity index (χ4n) is 6.89. The average molecular weight is 741 g/mol. The number of halogens is 1. The highest BCUT2D eigenvalue weighted by Gasteiger charge is 2.62. The standard InChI is InChI=1S/C35H46FN5O9S/c1-34(2,3)50-32(45)37-27-13-8-6-4-5-7-11-22-17-35(22,31(44)39-51(47,48)24-14-15-24)38-29(42)28-16-23(19-41(28)30(27)43)49-33(46)40-18-21-10-9-12-26(36)25(21)20-40/h7,9-12,22-24,27-28H,4-6,8,13-20H2,1-3H3,(H,37,45)(H,38,42)(H,39,44)/b11-7+/t22-,23-,27+,28+,35+/m1/s1/i1D3,2D3,3D3. The number of alkyl carbamates (subject to hydrolysis) is 1. The zero-order chi connectivity index (χ0) is 44.2. The summed E-state index contributed by atoms with van der Waals surface area (Å²) in [5, 5.41) is 4.01. The Bertz CT molecular complexity index is 2010. The van der Waals surface area contributed by atoms with Crippen molar-refractivity contribution in [3.63, 3.8) is 0 Å². The minimum atomic E-state index is -4.05. The summed E-state index contributed by atoms with van der Waals surface area (Å²) in [5.74, 6) is -4.10. The molecule has 0 bridgehead atoms. The number of carbonyl (C=O) groups is 5. The van der Waals surface area contributed by atoms with Gasteiger partial charge in [-0.15, -0.1) is 0 Å². The molecule has 6 rings (SSSR count). The monoisotopic (exact) mass is 740 g/mol. The predicted octanol–water partition coefficient (Wildman–Crippen LogP) is 3.14. The van der Waals surface area contributed by atoms with Crippen molar-refractivity contribution < 1.29 is 58.6 Å². The molecule has 0 aromatic heterocycles. The molecule has 5 amide bonds. The second kappa shape index (κ2) is 14.1. The molecule has 1 saturated heterocycles. The van der Waals surface area contributed by atoms with Crippen LogP contribution in [0.4, 0.5) is 14.0 Å². The minimum Gasteiger partial charge on any atom is -0.444 e. The van der Waals surface area contributed by atoms with E-state index in [2.05, 4.69) is 15.4 Å². The van der Waals surface area contributed by atoms with Gasteiger partial charge in [0.05, 0.1) is 18.3 Å². The first-order valence-corrected chi connectivity index (χ1v) is 18.4. The lowest BCUT2D eigenvalue weighted by Gasteiger charge is -2.30. The lowest BCUT2D eigenvalue weighted by molar-refractivity contribution is -0.141. The molecule has 1 aromatic carbocycles. The third kappa shape index (κ3) is 8.31. The second-order valence-corrected chi connectivity index (χ2v) is 15.7. The fraction of sp³-hybridized carbons (Fsp3) is 0.629. The first-order chi connectivity index (χ1) is 27.8. The van der Waals surface area contributed by atoms with E-state index < -0.39 is 113 Å². The Hall–Kier alpha value is -4.21. The number of nitrogens with zero attached hydrogens (tertiary/aromatic N) is 2. The van der Waals surface area contributed by atoms with Gasteiger partial charge in [-0.25, -0.2) is 22.4 Å². The number of hydrogen-bond donors (Lipinski definition) is 3. The van der Waals surface area contributed by atoms with E-state index in [0.717, 1.165) is 4.90 Å². The maximum Gasteiger partial charge on any atom is 0.410 e. The summed E-state index contributed by atoms with van der Waals surface area (Å²) in [5.41, 5.74) is -4.94. The zero-order valence-electron chi connectivity index (χ0n) is 36.6. The van der Waals surface area contributed by atoms with E-state index in [1.165, 1.54) is 17.0 Å². The molecule has 5 aliphatic rings. The summed E-state index contributed by atoms with van der Waals surface area (Å²) in [6, 6.07) is 1.15. The maximum atomic E-state index is 14.5. The Balaban J connectivity index is 1.30. The number of fused-ring (bicyclic) bond motifs is 3. The molecule has 3 N–H and O–H groups in total. The van der Waals surface area contributed by atoms with Crippen molar-refractivity contribution in [2.75, 3.05) is 6.54 Å². The molecule has 16 heteroatoms. The van der Waals surface area contributed by atoms with E-state index in [9.17, 15) is 36.8 Å². The van der Waals surface area contributed by atoms with Crippen LogP contribution in [-0.4, -0.2) is 89.2 Å². The van der Waals surface area contributed by atoms with Crippen molar-refractivity contribution in [3.05, 3.63) is 47.3 Å². The Kier molecular flexibility index (Phi) is 7.33. The third-order valence-electron chi connectivity index (χ3n) is 9.83. The first kappa shape index (κ1) is 26.5. The second-order valence-electron chi connectivity index (χ2n) is 13.8. The average Bonchev–Trinajstić information content (AvgIpc) is 4.01. The molecule has 5 atom stereocenters. The largest absolute Gasteiger partial charge is 0.444 e. The number of sulfonamides is 1. The molecule has 0 unspecified atom stereocenters. The third-order valence-corrected chi connectivity index (χ3v) is 11.7. The van der Waals surface area contributed by atoms with Crippen LogP contribution in [0, 0.1) is 11.7 Å². The van der Waals surface area contributed by atoms with Gasteiger partial charge in [-0.2, -0.15) is 0 Å². The van der Waals surface area contributed by atoms with Crippen molar-refractivity contribution in [3.8, 4) is 0 Å². The van der Waals surface area contributed by atoms with Gasteiger partial charge in [-0.05, 0) is 70.7 Å². The number of amides is 5. The fourth-order valence-corrected chi connectivity index (χ4v) is 8.25. The Morgan fingerprint density at radius 2 is 1.88 bits per heavy atom. The number of allylic oxidation sites excluding steroid dienone is 1. The van der Waals surface area contributed by atoms with E-state index in [0.29, 0.717) is 37.7 Å². The van der Waals surface area contributed by atoms with Crippen molar-refractivity contribution in [1.29, 1.82) is 0 Å². The van der Waals surface area contributed by atoms with Gasteiger partial charge >= 0.3 is 12.2 Å². The highest BCUT2D eigenvalue weighted by Crippen LogP contribution is 2.46. The minimum absolute atomic E-state index is 0.000156. The van der Waals surface area contributed by atoms with Gasteiger partial charge < -0.3 is 25.0 Å². The number of benzene rings is 1. The lowest BCUT2D eigenvalue weighted by atomic mass is 10.0. The predicted molar refractivity (Wildman–Crippen MR) is 180 cm³/mol. The van der Waals surface area contributed by atoms with Gasteiger partial charge in [-0.1, -0.05) is 37.1 Å². The molecule has 3 fully saturated rings. The number of ether oxygens (including phenoxy) is 2. The van der Waals surface area contributed by atoms with Gasteiger partial charge in [0, 0.05) is 36.8 Å². The summed E-state index contributed by atoms with van der Waals surface area (Å²) in [7, 11) is -4.05. The Morgan fingerprint density at radius 1 is 1.10 bits per heavy atom. The van der Waals surface area contributed by atoms with Crippen molar-refractivity contribution in [2.24, 2.45) is 5.92 Å². The number of rotatable bonds is 5. The summed E-state index contributed by atoms with van der Waals surface area (Å²) in [6.45, 7) is -12.4. The van der Waals surface area contributed by atoms with Crippen LogP contribution >= 0.6 is 0 Å². The van der Waals surface area contributed by atoms with E-state index in [1.54, 1.807) is 18.2 Å². The molecule has 14 nitrogen and oxygen atoms in total. The molecule has 0 spiro atoms. The van der Waals surface area contributed by atoms with Gasteiger partial charge in [0.25, 0.3) is 5.91 Å². The van der Waals surface area contributed by atoms with Crippen LogP contribution in [0.2, 0.25) is 0 Å². The highest BCUT2D eigenvalue weighted by atomic mass is 32.2. The molecule has 2 aliphatic carbocycles. The summed E-state index contributed by atoms with van der Waals surface area (Å²) in [4.78, 5) is 71.5. The van der Waals surface area contributed by atoms with Crippen LogP contribution in [0.15, 0.2) is 30.4 Å². The molecular weight excluding hydrogens is 685 g/mol. The molecule has 0 radical (unpaired) electrons. The zero-order valence-corrected chi connectivity index (χ0v) is 28.4. The van der Waals surface area contributed by atoms with Crippen molar-refractivity contribution in [2.45, 2.75) is 126 Å². The quantitative estimate of drug-likeness (QED) is 0.383. The molecule has 3 aliphatic heterocycles. The molecular formula is C35H46FN5O9S. The first-order valence-electron chi connectivity index (χ1n) is 21.4. The molecule has 51 heavy (non-hydrogen) atoms. The van der Waals surface area contributed by atoms with Crippen molar-refractivity contribution in [1.82, 2.24) is 25.2 Å². The highest BCUT2D eigenvalue weighted by molar-refractivity contribution is 7.91. The van der Waals surface area contributed by atoms with E-state index in [1.807, 2.05) is 0 Å². The smallest absolute Gasteiger partial charge is 0.410 e. The number of nitrogens with one attached hydrogen (secondary N) is 3. The number of carbonyl (C=O) groups excluding carboxylic acids is 5. The Morgan fingerprint density at radius 3 is 2.61 bits per heavy atom. The van der Waals surface area contributed by atoms with Crippen LogP contribution in [0.25, 0.3) is 0 Å². The molecule has 2 saturated carbocycles. The van der Waals surface area contributed by atoms with Gasteiger partial charge in [0.1, 0.15) is 35.1 Å². The van der Waals surface area contributed by atoms with Crippen molar-refractivity contribution >= 4 is 39.9 Å². The van der Waals surface area contributed by atoms with Gasteiger partial charge in [0.2, 0.25) is 21.8 Å². The van der Waals surface area contributed by atoms with Crippen LogP contribution in [0.5, 0.6) is 0 Å². The Labute approximate surface area is 309 Å². The van der Waals surface area contributed by atoms with Crippen LogP contribution in [0.3, 0.4) is 0 Å². The van der Waals surface area contributed by atoms with E-state index in [4.69, 9.17) is 21.8 Å². The van der Waals surface area contributed by atoms with Crippen LogP contribution in [0.1, 0.15) is 102 Å². The van der Waals surface area contributed by atoms with Crippen LogP contribution < -0.4 is 15.4 Å². The topological polar surface area (TPSA) is 181 Å². The molecule has 278 valence electrons. The molecule has 1 aromatic rings. The van der Waals surface area contributed by atoms with Crippen LogP contribution in [-0.2, 0) is 47.0 Å². The molecule has 3 heterocycles.